The predicted octanol–water partition coefficient (Wildman–Crippen LogP) is 3.93. The van der Waals surface area contributed by atoms with Crippen molar-refractivity contribution < 1.29 is 0 Å². The highest BCUT2D eigenvalue weighted by Crippen LogP contribution is 2.27. The number of aromatic nitrogens is 1. The minimum Gasteiger partial charge on any atom is -0.375 e. The molecule has 1 aromatic heterocycles. The van der Waals surface area contributed by atoms with Crippen LogP contribution < -0.4 is 5.73 Å². The number of anilines is 1. The SMILES string of the molecule is Cc1nc(N)sc1Cc1cc(Cl)ccc1Cl. The van der Waals surface area contributed by atoms with Gasteiger partial charge in [0, 0.05) is 21.3 Å². The first-order valence-corrected chi connectivity index (χ1v) is 6.29. The second kappa shape index (κ2) is 4.62. The van der Waals surface area contributed by atoms with Crippen LogP contribution in [0.2, 0.25) is 10.0 Å². The molecule has 16 heavy (non-hydrogen) atoms. The van der Waals surface area contributed by atoms with Crippen LogP contribution in [0.1, 0.15) is 16.1 Å². The molecule has 0 amide bonds. The molecule has 0 aliphatic heterocycles. The third-order valence-electron chi connectivity index (χ3n) is 2.27. The number of hydrogen-bond acceptors (Lipinski definition) is 3. The van der Waals surface area contributed by atoms with Gasteiger partial charge in [0.05, 0.1) is 5.69 Å². The molecule has 2 rings (SSSR count). The zero-order valence-electron chi connectivity index (χ0n) is 8.63. The molecule has 0 atom stereocenters. The van der Waals surface area contributed by atoms with Crippen LogP contribution in [0.5, 0.6) is 0 Å². The zero-order chi connectivity index (χ0) is 11.7. The van der Waals surface area contributed by atoms with E-state index in [1.807, 2.05) is 13.0 Å². The van der Waals surface area contributed by atoms with Gasteiger partial charge in [-0.25, -0.2) is 4.98 Å². The summed E-state index contributed by atoms with van der Waals surface area (Å²) in [6.45, 7) is 1.95. The van der Waals surface area contributed by atoms with Gasteiger partial charge in [-0.05, 0) is 30.7 Å². The summed E-state index contributed by atoms with van der Waals surface area (Å²) < 4.78 is 0. The van der Waals surface area contributed by atoms with Crippen molar-refractivity contribution >= 4 is 39.7 Å². The number of aryl methyl sites for hydroxylation is 1. The molecule has 0 saturated heterocycles. The summed E-state index contributed by atoms with van der Waals surface area (Å²) >= 11 is 13.5. The van der Waals surface area contributed by atoms with E-state index in [9.17, 15) is 0 Å². The highest BCUT2D eigenvalue weighted by Gasteiger charge is 2.09. The van der Waals surface area contributed by atoms with Gasteiger partial charge >= 0.3 is 0 Å². The van der Waals surface area contributed by atoms with E-state index in [-0.39, 0.29) is 0 Å². The van der Waals surface area contributed by atoms with Gasteiger partial charge in [-0.1, -0.05) is 23.2 Å². The van der Waals surface area contributed by atoms with Crippen LogP contribution in [-0.2, 0) is 6.42 Å². The van der Waals surface area contributed by atoms with Crippen LogP contribution in [0, 0.1) is 6.92 Å². The van der Waals surface area contributed by atoms with Gasteiger partial charge in [0.1, 0.15) is 0 Å². The summed E-state index contributed by atoms with van der Waals surface area (Å²) in [5, 5.41) is 2.00. The molecule has 0 aliphatic carbocycles. The van der Waals surface area contributed by atoms with Crippen LogP contribution in [0.3, 0.4) is 0 Å². The molecule has 2 N–H and O–H groups in total. The van der Waals surface area contributed by atoms with E-state index in [2.05, 4.69) is 4.98 Å². The van der Waals surface area contributed by atoms with Crippen molar-refractivity contribution in [2.45, 2.75) is 13.3 Å². The summed E-state index contributed by atoms with van der Waals surface area (Å²) in [5.74, 6) is 0. The van der Waals surface area contributed by atoms with Crippen molar-refractivity contribution in [3.05, 3.63) is 44.4 Å². The second-order valence-electron chi connectivity index (χ2n) is 3.47. The first kappa shape index (κ1) is 11.7. The lowest BCUT2D eigenvalue weighted by molar-refractivity contribution is 1.15. The third-order valence-corrected chi connectivity index (χ3v) is 3.86. The Labute approximate surface area is 108 Å². The average Bonchev–Trinajstić information content (AvgIpc) is 2.51. The topological polar surface area (TPSA) is 38.9 Å². The minimum atomic E-state index is 0.589. The van der Waals surface area contributed by atoms with Crippen molar-refractivity contribution in [3.8, 4) is 0 Å². The van der Waals surface area contributed by atoms with Gasteiger partial charge in [-0.15, -0.1) is 11.3 Å². The molecule has 2 aromatic rings. The van der Waals surface area contributed by atoms with Crippen molar-refractivity contribution in [2.24, 2.45) is 0 Å². The van der Waals surface area contributed by atoms with Gasteiger partial charge < -0.3 is 5.73 Å². The van der Waals surface area contributed by atoms with Crippen LogP contribution in [-0.4, -0.2) is 4.98 Å². The first-order chi connectivity index (χ1) is 7.56. The Hall–Kier alpha value is -0.770. The molecule has 0 spiro atoms. The molecule has 5 heteroatoms. The number of halogens is 2. The molecule has 2 nitrogen and oxygen atoms in total. The number of nitrogen functional groups attached to an aromatic ring is 1. The fourth-order valence-electron chi connectivity index (χ4n) is 1.47. The van der Waals surface area contributed by atoms with E-state index in [1.54, 1.807) is 12.1 Å². The number of rotatable bonds is 2. The summed E-state index contributed by atoms with van der Waals surface area (Å²) in [4.78, 5) is 5.31. The molecule has 0 fully saturated rings. The van der Waals surface area contributed by atoms with Crippen molar-refractivity contribution in [1.82, 2.24) is 4.98 Å². The maximum atomic E-state index is 6.10. The Morgan fingerprint density at radius 3 is 2.75 bits per heavy atom. The number of nitrogens with zero attached hydrogens (tertiary/aromatic N) is 1. The summed E-state index contributed by atoms with van der Waals surface area (Å²) in [6, 6.07) is 5.46. The van der Waals surface area contributed by atoms with E-state index < -0.39 is 0 Å². The normalized spacial score (nSPS) is 10.7. The molecular formula is C11H10Cl2N2S. The smallest absolute Gasteiger partial charge is 0.180 e. The Morgan fingerprint density at radius 2 is 2.12 bits per heavy atom. The molecular weight excluding hydrogens is 263 g/mol. The number of hydrogen-bond donors (Lipinski definition) is 1. The Morgan fingerprint density at radius 1 is 1.38 bits per heavy atom. The van der Waals surface area contributed by atoms with Crippen molar-refractivity contribution in [2.75, 3.05) is 5.73 Å². The minimum absolute atomic E-state index is 0.589. The number of nitrogens with two attached hydrogens (primary N) is 1. The lowest BCUT2D eigenvalue weighted by Crippen LogP contribution is -1.89. The maximum Gasteiger partial charge on any atom is 0.180 e. The monoisotopic (exact) mass is 272 g/mol. The molecule has 0 unspecified atom stereocenters. The molecule has 1 aromatic carbocycles. The van der Waals surface area contributed by atoms with E-state index in [0.717, 1.165) is 27.6 Å². The Bertz CT molecular complexity index is 523. The van der Waals surface area contributed by atoms with Gasteiger partial charge in [0.2, 0.25) is 0 Å². The van der Waals surface area contributed by atoms with Crippen LogP contribution in [0.15, 0.2) is 18.2 Å². The molecule has 0 bridgehead atoms. The van der Waals surface area contributed by atoms with E-state index in [1.165, 1.54) is 11.3 Å². The molecule has 0 aliphatic rings. The van der Waals surface area contributed by atoms with Crippen LogP contribution >= 0.6 is 34.5 Å². The van der Waals surface area contributed by atoms with Crippen molar-refractivity contribution in [3.63, 3.8) is 0 Å². The van der Waals surface area contributed by atoms with Gasteiger partial charge in [0.15, 0.2) is 5.13 Å². The van der Waals surface area contributed by atoms with E-state index >= 15 is 0 Å². The fraction of sp³-hybridized carbons (Fsp3) is 0.182. The molecule has 1 heterocycles. The summed E-state index contributed by atoms with van der Waals surface area (Å²) in [7, 11) is 0. The van der Waals surface area contributed by atoms with Crippen LogP contribution in [0.25, 0.3) is 0 Å². The second-order valence-corrected chi connectivity index (χ2v) is 5.43. The highest BCUT2D eigenvalue weighted by molar-refractivity contribution is 7.15. The first-order valence-electron chi connectivity index (χ1n) is 4.72. The number of thiazole rings is 1. The predicted molar refractivity (Wildman–Crippen MR) is 70.5 cm³/mol. The van der Waals surface area contributed by atoms with Gasteiger partial charge in [-0.3, -0.25) is 0 Å². The van der Waals surface area contributed by atoms with E-state index in [4.69, 9.17) is 28.9 Å². The fourth-order valence-corrected chi connectivity index (χ4v) is 2.70. The Balaban J connectivity index is 2.33. The van der Waals surface area contributed by atoms with Gasteiger partial charge in [0.25, 0.3) is 0 Å². The third kappa shape index (κ3) is 2.48. The summed E-state index contributed by atoms with van der Waals surface area (Å²) in [5.41, 5.74) is 7.61. The molecule has 0 radical (unpaired) electrons. The lowest BCUT2D eigenvalue weighted by atomic mass is 10.1. The lowest BCUT2D eigenvalue weighted by Gasteiger charge is -2.03. The number of benzene rings is 1. The van der Waals surface area contributed by atoms with Crippen LogP contribution in [0.4, 0.5) is 5.13 Å². The standard InChI is InChI=1S/C11H10Cl2N2S/c1-6-10(16-11(14)15-6)5-7-4-8(12)2-3-9(7)13/h2-4H,5H2,1H3,(H2,14,15). The molecule has 84 valence electrons. The van der Waals surface area contributed by atoms with Gasteiger partial charge in [-0.2, -0.15) is 0 Å². The maximum absolute atomic E-state index is 6.10. The quantitative estimate of drug-likeness (QED) is 0.900. The Kier molecular flexibility index (Phi) is 3.38. The molecule has 0 saturated carbocycles. The average molecular weight is 273 g/mol. The largest absolute Gasteiger partial charge is 0.375 e. The summed E-state index contributed by atoms with van der Waals surface area (Å²) in [6.07, 6.45) is 0.722. The van der Waals surface area contributed by atoms with E-state index in [0.29, 0.717) is 10.2 Å². The van der Waals surface area contributed by atoms with Crippen molar-refractivity contribution in [1.29, 1.82) is 0 Å². The zero-order valence-corrected chi connectivity index (χ0v) is 11.0. The highest BCUT2D eigenvalue weighted by atomic mass is 35.5.